The van der Waals surface area contributed by atoms with Crippen LogP contribution in [-0.4, -0.2) is 85.9 Å². The third-order valence-electron chi connectivity index (χ3n) is 6.43. The Labute approximate surface area is 212 Å². The fourth-order valence-electron chi connectivity index (χ4n) is 4.45. The number of benzene rings is 2. The molecule has 0 bridgehead atoms. The van der Waals surface area contributed by atoms with Gasteiger partial charge in [0.15, 0.2) is 11.5 Å². The van der Waals surface area contributed by atoms with Crippen molar-refractivity contribution >= 4 is 17.5 Å². The smallest absolute Gasteiger partial charge is 0.328 e. The van der Waals surface area contributed by atoms with Gasteiger partial charge in [0.2, 0.25) is 0 Å². The Morgan fingerprint density at radius 2 is 1.56 bits per heavy atom. The van der Waals surface area contributed by atoms with Crippen molar-refractivity contribution in [1.82, 2.24) is 9.80 Å². The predicted molar refractivity (Wildman–Crippen MR) is 140 cm³/mol. The van der Waals surface area contributed by atoms with E-state index in [1.807, 2.05) is 6.07 Å². The number of carbonyl (C=O) groups is 2. The molecule has 0 saturated carbocycles. The molecule has 192 valence electrons. The van der Waals surface area contributed by atoms with Crippen LogP contribution < -0.4 is 9.47 Å². The van der Waals surface area contributed by atoms with E-state index in [1.54, 1.807) is 14.2 Å². The van der Waals surface area contributed by atoms with Crippen molar-refractivity contribution < 1.29 is 29.3 Å². The number of rotatable bonds is 8. The molecule has 2 aliphatic rings. The minimum atomic E-state index is -1.26. The second kappa shape index (κ2) is 12.9. The van der Waals surface area contributed by atoms with Crippen LogP contribution in [0.1, 0.15) is 17.5 Å². The molecular weight excluding hydrogens is 460 g/mol. The summed E-state index contributed by atoms with van der Waals surface area (Å²) in [5.74, 6) is -0.969. The highest BCUT2D eigenvalue weighted by Gasteiger charge is 2.20. The zero-order valence-electron chi connectivity index (χ0n) is 21.1. The minimum absolute atomic E-state index is 0.558. The third-order valence-corrected chi connectivity index (χ3v) is 6.43. The Morgan fingerprint density at radius 3 is 2.17 bits per heavy atom. The SMILES string of the molecule is COc1ccc(-c2cccc3c2CC=C3CCN2CCN(C)CC2)cc1OC.O=C(O)C=CC(=O)O. The maximum absolute atomic E-state index is 9.55. The molecule has 8 nitrogen and oxygen atoms in total. The van der Waals surface area contributed by atoms with Crippen LogP contribution >= 0.6 is 0 Å². The number of nitrogens with zero attached hydrogens (tertiary/aromatic N) is 2. The van der Waals surface area contributed by atoms with Gasteiger partial charge in [-0.25, -0.2) is 9.59 Å². The number of carboxylic acid groups (broad SMARTS) is 2. The van der Waals surface area contributed by atoms with Crippen molar-refractivity contribution in [3.63, 3.8) is 0 Å². The molecule has 36 heavy (non-hydrogen) atoms. The van der Waals surface area contributed by atoms with Crippen LogP contribution in [0.15, 0.2) is 54.6 Å². The first-order chi connectivity index (χ1) is 17.3. The van der Waals surface area contributed by atoms with E-state index in [2.05, 4.69) is 53.3 Å². The van der Waals surface area contributed by atoms with Crippen molar-refractivity contribution in [2.45, 2.75) is 12.8 Å². The van der Waals surface area contributed by atoms with Crippen LogP contribution in [0.2, 0.25) is 0 Å². The van der Waals surface area contributed by atoms with Crippen molar-refractivity contribution in [2.75, 3.05) is 54.0 Å². The number of hydrogen-bond donors (Lipinski definition) is 2. The van der Waals surface area contributed by atoms with E-state index in [9.17, 15) is 9.59 Å². The fourth-order valence-corrected chi connectivity index (χ4v) is 4.45. The van der Waals surface area contributed by atoms with Gasteiger partial charge < -0.3 is 29.5 Å². The summed E-state index contributed by atoms with van der Waals surface area (Å²) in [6.45, 7) is 5.88. The molecular formula is C28H34N2O6. The van der Waals surface area contributed by atoms with Gasteiger partial charge in [-0.2, -0.15) is 0 Å². The summed E-state index contributed by atoms with van der Waals surface area (Å²) >= 11 is 0. The quantitative estimate of drug-likeness (QED) is 0.537. The highest BCUT2D eigenvalue weighted by molar-refractivity contribution is 5.89. The van der Waals surface area contributed by atoms with Gasteiger partial charge in [-0.3, -0.25) is 0 Å². The van der Waals surface area contributed by atoms with Gasteiger partial charge >= 0.3 is 11.9 Å². The standard InChI is InChI=1S/C24H30N2O2.C4H4O4/c1-25-13-15-26(16-14-25)12-11-18-7-9-22-20(18)5-4-6-21(22)19-8-10-23(27-2)24(17-19)28-3;5-3(6)1-2-4(7)8/h4-8,10,17H,9,11-16H2,1-3H3;1-2H,(H,5,6)(H,7,8). The average Bonchev–Trinajstić information content (AvgIpc) is 3.30. The molecule has 2 aromatic carbocycles. The van der Waals surface area contributed by atoms with Crippen molar-refractivity contribution in [2.24, 2.45) is 0 Å². The third kappa shape index (κ3) is 7.19. The largest absolute Gasteiger partial charge is 0.493 e. The lowest BCUT2D eigenvalue weighted by Crippen LogP contribution is -2.44. The molecule has 1 aliphatic carbocycles. The number of carboxylic acids is 2. The molecule has 0 spiro atoms. The second-order valence-electron chi connectivity index (χ2n) is 8.74. The molecule has 0 radical (unpaired) electrons. The van der Waals surface area contributed by atoms with E-state index in [0.29, 0.717) is 12.2 Å². The van der Waals surface area contributed by atoms with Crippen LogP contribution in [-0.2, 0) is 16.0 Å². The lowest BCUT2D eigenvalue weighted by molar-refractivity contribution is -0.134. The first-order valence-corrected chi connectivity index (χ1v) is 11.9. The first kappa shape index (κ1) is 27.0. The summed E-state index contributed by atoms with van der Waals surface area (Å²) < 4.78 is 10.9. The van der Waals surface area contributed by atoms with Crippen molar-refractivity contribution in [3.05, 3.63) is 65.8 Å². The Morgan fingerprint density at radius 1 is 0.917 bits per heavy atom. The van der Waals surface area contributed by atoms with Gasteiger partial charge in [-0.1, -0.05) is 30.3 Å². The lowest BCUT2D eigenvalue weighted by Gasteiger charge is -2.32. The zero-order valence-corrected chi connectivity index (χ0v) is 21.1. The van der Waals surface area contributed by atoms with Gasteiger partial charge in [-0.15, -0.1) is 0 Å². The summed E-state index contributed by atoms with van der Waals surface area (Å²) in [6.07, 6.45) is 5.68. The molecule has 8 heteroatoms. The molecule has 0 aromatic heterocycles. The molecule has 1 aliphatic heterocycles. The number of methoxy groups -OCH3 is 2. The van der Waals surface area contributed by atoms with Crippen LogP contribution in [0.5, 0.6) is 11.5 Å². The summed E-state index contributed by atoms with van der Waals surface area (Å²) in [4.78, 5) is 24.1. The molecule has 0 amide bonds. The molecule has 1 fully saturated rings. The molecule has 2 N–H and O–H groups in total. The predicted octanol–water partition coefficient (Wildman–Crippen LogP) is 3.66. The van der Waals surface area contributed by atoms with Crippen LogP contribution in [0.4, 0.5) is 0 Å². The topological polar surface area (TPSA) is 99.5 Å². The van der Waals surface area contributed by atoms with E-state index in [1.165, 1.54) is 54.0 Å². The van der Waals surface area contributed by atoms with Crippen molar-refractivity contribution in [1.29, 1.82) is 0 Å². The number of aliphatic carboxylic acids is 2. The maximum atomic E-state index is 9.55. The van der Waals surface area contributed by atoms with Gasteiger partial charge in [-0.05, 0) is 59.8 Å². The van der Waals surface area contributed by atoms with Gasteiger partial charge in [0.05, 0.1) is 14.2 Å². The minimum Gasteiger partial charge on any atom is -0.493 e. The second-order valence-corrected chi connectivity index (χ2v) is 8.74. The number of likely N-dealkylation sites (N-methyl/N-ethyl adjacent to an activating group) is 1. The molecule has 0 atom stereocenters. The molecule has 1 heterocycles. The zero-order chi connectivity index (χ0) is 26.1. The van der Waals surface area contributed by atoms with Crippen LogP contribution in [0.25, 0.3) is 16.7 Å². The number of hydrogen-bond acceptors (Lipinski definition) is 6. The summed E-state index contributed by atoms with van der Waals surface area (Å²) in [6, 6.07) is 12.9. The molecule has 2 aromatic rings. The Kier molecular flexibility index (Phi) is 9.67. The normalized spacial score (nSPS) is 15.6. The van der Waals surface area contributed by atoms with Crippen molar-refractivity contribution in [3.8, 4) is 22.6 Å². The fraction of sp³-hybridized carbons (Fsp3) is 0.357. The first-order valence-electron chi connectivity index (χ1n) is 11.9. The van der Waals surface area contributed by atoms with E-state index >= 15 is 0 Å². The number of fused-ring (bicyclic) bond motifs is 1. The van der Waals surface area contributed by atoms with E-state index in [-0.39, 0.29) is 0 Å². The molecule has 4 rings (SSSR count). The van der Waals surface area contributed by atoms with Crippen LogP contribution in [0.3, 0.4) is 0 Å². The van der Waals surface area contributed by atoms with E-state index in [0.717, 1.165) is 30.9 Å². The number of allylic oxidation sites excluding steroid dienone is 1. The number of ether oxygens (including phenoxy) is 2. The Hall–Kier alpha value is -3.62. The summed E-state index contributed by atoms with van der Waals surface area (Å²) in [5, 5.41) is 15.6. The number of piperazine rings is 1. The van der Waals surface area contributed by atoms with E-state index < -0.39 is 11.9 Å². The van der Waals surface area contributed by atoms with Gasteiger partial charge in [0, 0.05) is 44.9 Å². The summed E-state index contributed by atoms with van der Waals surface area (Å²) in [5.41, 5.74) is 6.83. The summed E-state index contributed by atoms with van der Waals surface area (Å²) in [7, 11) is 5.58. The highest BCUT2D eigenvalue weighted by Crippen LogP contribution is 2.39. The monoisotopic (exact) mass is 494 g/mol. The average molecular weight is 495 g/mol. The highest BCUT2D eigenvalue weighted by atomic mass is 16.5. The Balaban J connectivity index is 0.000000392. The van der Waals surface area contributed by atoms with Crippen LogP contribution in [0, 0.1) is 0 Å². The van der Waals surface area contributed by atoms with E-state index in [4.69, 9.17) is 19.7 Å². The maximum Gasteiger partial charge on any atom is 0.328 e. The molecule has 1 saturated heterocycles. The van der Waals surface area contributed by atoms with Gasteiger partial charge in [0.25, 0.3) is 0 Å². The molecule has 0 unspecified atom stereocenters. The lowest BCUT2D eigenvalue weighted by atomic mass is 9.94. The van der Waals surface area contributed by atoms with Gasteiger partial charge in [0.1, 0.15) is 0 Å². The Bertz CT molecular complexity index is 1120.